The third-order valence-corrected chi connectivity index (χ3v) is 4.81. The van der Waals surface area contributed by atoms with E-state index in [0.29, 0.717) is 35.7 Å². The van der Waals surface area contributed by atoms with Crippen LogP contribution in [0.2, 0.25) is 0 Å². The predicted octanol–water partition coefficient (Wildman–Crippen LogP) is 5.10. The molecular formula is C23H26O5. The normalized spacial score (nSPS) is 16.5. The minimum atomic E-state index is -0.480. The van der Waals surface area contributed by atoms with Gasteiger partial charge in [0.1, 0.15) is 34.7 Å². The van der Waals surface area contributed by atoms with Gasteiger partial charge in [-0.05, 0) is 38.0 Å². The van der Waals surface area contributed by atoms with E-state index in [9.17, 15) is 15.0 Å². The van der Waals surface area contributed by atoms with Crippen molar-refractivity contribution in [1.29, 1.82) is 0 Å². The summed E-state index contributed by atoms with van der Waals surface area (Å²) in [5, 5.41) is 20.2. The van der Waals surface area contributed by atoms with E-state index in [4.69, 9.17) is 9.47 Å². The van der Waals surface area contributed by atoms with E-state index < -0.39 is 6.10 Å². The van der Waals surface area contributed by atoms with Crippen LogP contribution in [0.1, 0.15) is 61.2 Å². The van der Waals surface area contributed by atoms with E-state index in [1.54, 1.807) is 24.3 Å². The van der Waals surface area contributed by atoms with Gasteiger partial charge in [-0.15, -0.1) is 0 Å². The monoisotopic (exact) mass is 382 g/mol. The lowest BCUT2D eigenvalue weighted by atomic mass is 9.91. The maximum atomic E-state index is 13.0. The molecule has 1 aliphatic rings. The highest BCUT2D eigenvalue weighted by Crippen LogP contribution is 2.46. The minimum absolute atomic E-state index is 0.0604. The third kappa shape index (κ3) is 3.98. The van der Waals surface area contributed by atoms with Gasteiger partial charge in [0.15, 0.2) is 5.78 Å². The van der Waals surface area contributed by atoms with Gasteiger partial charge >= 0.3 is 0 Å². The molecule has 2 aromatic rings. The van der Waals surface area contributed by atoms with Crippen LogP contribution in [0.15, 0.2) is 42.0 Å². The van der Waals surface area contributed by atoms with Crippen molar-refractivity contribution in [2.75, 3.05) is 6.61 Å². The maximum absolute atomic E-state index is 13.0. The molecule has 0 spiro atoms. The molecule has 2 aromatic carbocycles. The van der Waals surface area contributed by atoms with Crippen LogP contribution in [-0.4, -0.2) is 22.6 Å². The van der Waals surface area contributed by atoms with E-state index in [-0.39, 0.29) is 23.7 Å². The van der Waals surface area contributed by atoms with Crippen molar-refractivity contribution in [3.8, 4) is 23.0 Å². The highest BCUT2D eigenvalue weighted by molar-refractivity contribution is 6.03. The Morgan fingerprint density at radius 2 is 1.96 bits per heavy atom. The van der Waals surface area contributed by atoms with Gasteiger partial charge in [-0.2, -0.15) is 0 Å². The Hall–Kier alpha value is -2.95. The summed E-state index contributed by atoms with van der Waals surface area (Å²) in [6.07, 6.45) is 3.16. The van der Waals surface area contributed by atoms with Crippen LogP contribution in [0.3, 0.4) is 0 Å². The quantitative estimate of drug-likeness (QED) is 0.680. The number of carbonyl (C=O) groups excluding carboxylic acids is 1. The van der Waals surface area contributed by atoms with Crippen molar-refractivity contribution in [3.63, 3.8) is 0 Å². The van der Waals surface area contributed by atoms with Crippen molar-refractivity contribution in [2.24, 2.45) is 0 Å². The smallest absolute Gasteiger partial charge is 0.174 e. The zero-order chi connectivity index (χ0) is 20.3. The summed E-state index contributed by atoms with van der Waals surface area (Å²) in [5.74, 6) is 0.876. The summed E-state index contributed by atoms with van der Waals surface area (Å²) in [4.78, 5) is 13.0. The summed E-state index contributed by atoms with van der Waals surface area (Å²) in [7, 11) is 0. The molecule has 148 valence electrons. The maximum Gasteiger partial charge on any atom is 0.174 e. The molecule has 5 nitrogen and oxygen atoms in total. The summed E-state index contributed by atoms with van der Waals surface area (Å²) in [5.41, 5.74) is 2.88. The predicted molar refractivity (Wildman–Crippen MR) is 107 cm³/mol. The number of phenols is 2. The van der Waals surface area contributed by atoms with Gasteiger partial charge in [0.2, 0.25) is 0 Å². The van der Waals surface area contributed by atoms with Gasteiger partial charge in [0.25, 0.3) is 0 Å². The molecule has 0 aromatic heterocycles. The van der Waals surface area contributed by atoms with Crippen LogP contribution in [0, 0.1) is 0 Å². The van der Waals surface area contributed by atoms with Gasteiger partial charge in [0, 0.05) is 18.1 Å². The highest BCUT2D eigenvalue weighted by atomic mass is 16.5. The molecule has 3 rings (SSSR count). The van der Waals surface area contributed by atoms with Gasteiger partial charge in [-0.25, -0.2) is 0 Å². The summed E-state index contributed by atoms with van der Waals surface area (Å²) < 4.78 is 11.8. The molecule has 1 atom stereocenters. The zero-order valence-corrected chi connectivity index (χ0v) is 16.5. The number of allylic oxidation sites excluding steroid dienone is 2. The molecule has 0 radical (unpaired) electrons. The van der Waals surface area contributed by atoms with Gasteiger partial charge in [-0.3, -0.25) is 4.79 Å². The average Bonchev–Trinajstić information content (AvgIpc) is 2.65. The fraction of sp³-hybridized carbons (Fsp3) is 0.348. The molecule has 0 aliphatic carbocycles. The average molecular weight is 382 g/mol. The van der Waals surface area contributed by atoms with Gasteiger partial charge in [0.05, 0.1) is 13.0 Å². The van der Waals surface area contributed by atoms with Crippen molar-refractivity contribution >= 4 is 5.78 Å². The number of ether oxygens (including phenoxy) is 2. The number of hydrogen-bond acceptors (Lipinski definition) is 5. The largest absolute Gasteiger partial charge is 0.508 e. The Bertz CT molecular complexity index is 896. The van der Waals surface area contributed by atoms with Crippen molar-refractivity contribution in [3.05, 3.63) is 58.7 Å². The molecule has 1 heterocycles. The highest BCUT2D eigenvalue weighted by Gasteiger charge is 2.34. The summed E-state index contributed by atoms with van der Waals surface area (Å²) in [6.45, 7) is 6.26. The Morgan fingerprint density at radius 3 is 2.61 bits per heavy atom. The second kappa shape index (κ2) is 8.38. The first kappa shape index (κ1) is 19.8. The Morgan fingerprint density at radius 1 is 1.25 bits per heavy atom. The molecule has 0 amide bonds. The summed E-state index contributed by atoms with van der Waals surface area (Å²) in [6, 6.07) is 8.14. The number of benzene rings is 2. The lowest BCUT2D eigenvalue weighted by Crippen LogP contribution is -2.22. The number of fused-ring (bicyclic) bond motifs is 1. The lowest BCUT2D eigenvalue weighted by molar-refractivity contribution is 0.0840. The van der Waals surface area contributed by atoms with E-state index in [0.717, 1.165) is 17.6 Å². The first-order valence-corrected chi connectivity index (χ1v) is 9.60. The van der Waals surface area contributed by atoms with Gasteiger partial charge in [-0.1, -0.05) is 30.7 Å². The molecule has 28 heavy (non-hydrogen) atoms. The van der Waals surface area contributed by atoms with Crippen molar-refractivity contribution in [2.45, 2.75) is 46.1 Å². The molecule has 5 heteroatoms. The molecule has 0 bridgehead atoms. The number of carbonyl (C=O) groups is 1. The minimum Gasteiger partial charge on any atom is -0.508 e. The number of ketones is 1. The van der Waals surface area contributed by atoms with Crippen LogP contribution in [0.4, 0.5) is 0 Å². The molecule has 0 saturated heterocycles. The van der Waals surface area contributed by atoms with E-state index in [1.165, 1.54) is 6.07 Å². The second-order valence-electron chi connectivity index (χ2n) is 6.97. The molecular weight excluding hydrogens is 356 g/mol. The van der Waals surface area contributed by atoms with E-state index >= 15 is 0 Å². The Kier molecular flexibility index (Phi) is 5.93. The SMILES string of the molecule is CC/C=C(\C)Cc1c(O)cc(OCC)c2c1O[C@@H](c1ccc(O)cc1)CC2=O. The van der Waals surface area contributed by atoms with Crippen molar-refractivity contribution in [1.82, 2.24) is 0 Å². The second-order valence-corrected chi connectivity index (χ2v) is 6.97. The number of Topliss-reactive ketones (excluding diaryl/α,β-unsaturated/α-hetero) is 1. The fourth-order valence-corrected chi connectivity index (χ4v) is 3.53. The molecule has 2 N–H and O–H groups in total. The molecule has 0 fully saturated rings. The first-order chi connectivity index (χ1) is 13.4. The number of hydrogen-bond donors (Lipinski definition) is 2. The van der Waals surface area contributed by atoms with E-state index in [2.05, 4.69) is 13.0 Å². The molecule has 1 aliphatic heterocycles. The van der Waals surface area contributed by atoms with E-state index in [1.807, 2.05) is 13.8 Å². The number of phenolic OH excluding ortho intramolecular Hbond substituents is 2. The third-order valence-electron chi connectivity index (χ3n) is 4.81. The Labute approximate surface area is 165 Å². The van der Waals surface area contributed by atoms with Crippen LogP contribution in [0.25, 0.3) is 0 Å². The molecule has 0 unspecified atom stereocenters. The van der Waals surface area contributed by atoms with Crippen LogP contribution in [-0.2, 0) is 6.42 Å². The standard InChI is InChI=1S/C23H26O5/c1-4-6-14(3)11-17-18(25)12-21(27-5-2)22-19(26)13-20(28-23(17)22)15-7-9-16(24)10-8-15/h6-10,12,20,24-25H,4-5,11,13H2,1-3H3/b14-6+/t20-/m1/s1. The number of rotatable bonds is 6. The Balaban J connectivity index is 2.09. The fourth-order valence-electron chi connectivity index (χ4n) is 3.53. The first-order valence-electron chi connectivity index (χ1n) is 9.60. The zero-order valence-electron chi connectivity index (χ0n) is 16.5. The van der Waals surface area contributed by atoms with Crippen LogP contribution in [0.5, 0.6) is 23.0 Å². The number of aromatic hydroxyl groups is 2. The van der Waals surface area contributed by atoms with Crippen molar-refractivity contribution < 1.29 is 24.5 Å². The van der Waals surface area contributed by atoms with Crippen LogP contribution < -0.4 is 9.47 Å². The van der Waals surface area contributed by atoms with Crippen LogP contribution >= 0.6 is 0 Å². The lowest BCUT2D eigenvalue weighted by Gasteiger charge is -2.29. The topological polar surface area (TPSA) is 76.0 Å². The molecule has 0 saturated carbocycles. The summed E-state index contributed by atoms with van der Waals surface area (Å²) >= 11 is 0. The van der Waals surface area contributed by atoms with Gasteiger partial charge < -0.3 is 19.7 Å².